The Morgan fingerprint density at radius 2 is 2.56 bits per heavy atom. The number of nitrogens with zero attached hydrogens (tertiary/aromatic N) is 2. The monoisotopic (exact) mass is 184 g/mol. The Labute approximate surface area is 62.2 Å². The predicted octanol–water partition coefficient (Wildman–Crippen LogP) is 1.58. The van der Waals surface area contributed by atoms with E-state index in [2.05, 4.69) is 15.9 Å². The van der Waals surface area contributed by atoms with Gasteiger partial charge in [0.25, 0.3) is 0 Å². The lowest BCUT2D eigenvalue weighted by molar-refractivity contribution is 0.570. The van der Waals surface area contributed by atoms with Crippen LogP contribution in [0.1, 0.15) is 0 Å². The standard InChI is InChI=1S/C6H5BrN2/c7-6-3-1-2-4-9(6)5-8/h1-3H,4H2. The molecule has 0 aromatic heterocycles. The molecule has 0 saturated heterocycles. The van der Waals surface area contributed by atoms with Gasteiger partial charge >= 0.3 is 0 Å². The van der Waals surface area contributed by atoms with Gasteiger partial charge in [0.15, 0.2) is 6.19 Å². The van der Waals surface area contributed by atoms with Crippen molar-refractivity contribution < 1.29 is 0 Å². The molecule has 0 bridgehead atoms. The molecule has 3 heteroatoms. The Morgan fingerprint density at radius 1 is 1.78 bits per heavy atom. The Hall–Kier alpha value is -0.750. The average Bonchev–Trinajstić information content (AvgIpc) is 1.89. The number of rotatable bonds is 0. The third kappa shape index (κ3) is 1.33. The first kappa shape index (κ1) is 6.37. The molecule has 1 aliphatic rings. The van der Waals surface area contributed by atoms with Crippen LogP contribution in [0.15, 0.2) is 22.8 Å². The summed E-state index contributed by atoms with van der Waals surface area (Å²) in [4.78, 5) is 1.56. The van der Waals surface area contributed by atoms with E-state index >= 15 is 0 Å². The first-order valence-electron chi connectivity index (χ1n) is 2.54. The van der Waals surface area contributed by atoms with Crippen LogP contribution in [0, 0.1) is 11.5 Å². The van der Waals surface area contributed by atoms with Gasteiger partial charge in [-0.1, -0.05) is 12.2 Å². The molecule has 0 aliphatic carbocycles. The second-order valence-electron chi connectivity index (χ2n) is 1.63. The molecule has 2 nitrogen and oxygen atoms in total. The Bertz CT molecular complexity index is 200. The van der Waals surface area contributed by atoms with Gasteiger partial charge in [0.2, 0.25) is 0 Å². The van der Waals surface area contributed by atoms with Gasteiger partial charge in [-0.05, 0) is 22.0 Å². The van der Waals surface area contributed by atoms with Crippen molar-refractivity contribution in [3.63, 3.8) is 0 Å². The zero-order valence-electron chi connectivity index (χ0n) is 4.71. The third-order valence-electron chi connectivity index (χ3n) is 1.04. The molecular weight excluding hydrogens is 180 g/mol. The van der Waals surface area contributed by atoms with Crippen LogP contribution in [-0.2, 0) is 0 Å². The largest absolute Gasteiger partial charge is 0.269 e. The van der Waals surface area contributed by atoms with Gasteiger partial charge in [0.1, 0.15) is 0 Å². The summed E-state index contributed by atoms with van der Waals surface area (Å²) in [6.45, 7) is 0.674. The minimum Gasteiger partial charge on any atom is -0.269 e. The van der Waals surface area contributed by atoms with E-state index in [1.165, 1.54) is 0 Å². The lowest BCUT2D eigenvalue weighted by Gasteiger charge is -2.13. The summed E-state index contributed by atoms with van der Waals surface area (Å²) in [5.74, 6) is 0. The zero-order chi connectivity index (χ0) is 6.69. The maximum Gasteiger partial charge on any atom is 0.185 e. The second kappa shape index (κ2) is 2.70. The van der Waals surface area contributed by atoms with Gasteiger partial charge in [0.05, 0.1) is 11.2 Å². The first-order chi connectivity index (χ1) is 4.34. The molecule has 9 heavy (non-hydrogen) atoms. The Morgan fingerprint density at radius 3 is 3.00 bits per heavy atom. The van der Waals surface area contributed by atoms with Crippen LogP contribution in [0.5, 0.6) is 0 Å². The molecule has 0 amide bonds. The summed E-state index contributed by atoms with van der Waals surface area (Å²) in [7, 11) is 0. The number of hydrogen-bond donors (Lipinski definition) is 0. The molecule has 0 radical (unpaired) electrons. The molecule has 0 unspecified atom stereocenters. The maximum absolute atomic E-state index is 8.43. The fourth-order valence-electron chi connectivity index (χ4n) is 0.579. The summed E-state index contributed by atoms with van der Waals surface area (Å²) in [6, 6.07) is 0. The molecule has 0 aromatic rings. The van der Waals surface area contributed by atoms with E-state index in [4.69, 9.17) is 5.26 Å². The fraction of sp³-hybridized carbons (Fsp3) is 0.167. The van der Waals surface area contributed by atoms with E-state index in [0.29, 0.717) is 6.54 Å². The number of hydrogen-bond acceptors (Lipinski definition) is 2. The van der Waals surface area contributed by atoms with E-state index in [9.17, 15) is 0 Å². The Kier molecular flexibility index (Phi) is 1.91. The summed E-state index contributed by atoms with van der Waals surface area (Å²) in [6.07, 6.45) is 7.70. The minimum absolute atomic E-state index is 0.674. The smallest absolute Gasteiger partial charge is 0.185 e. The fourth-order valence-corrected chi connectivity index (χ4v) is 0.956. The topological polar surface area (TPSA) is 27.0 Å². The summed E-state index contributed by atoms with van der Waals surface area (Å²) < 4.78 is 0.826. The van der Waals surface area contributed by atoms with Gasteiger partial charge in [-0.2, -0.15) is 5.26 Å². The minimum atomic E-state index is 0.674. The third-order valence-corrected chi connectivity index (χ3v) is 1.73. The van der Waals surface area contributed by atoms with E-state index < -0.39 is 0 Å². The maximum atomic E-state index is 8.43. The molecule has 1 rings (SSSR count). The van der Waals surface area contributed by atoms with Gasteiger partial charge in [0, 0.05) is 0 Å². The van der Waals surface area contributed by atoms with Crippen LogP contribution in [0.4, 0.5) is 0 Å². The number of nitriles is 1. The first-order valence-corrected chi connectivity index (χ1v) is 3.33. The molecule has 0 aromatic carbocycles. The van der Waals surface area contributed by atoms with Crippen molar-refractivity contribution in [2.75, 3.05) is 6.54 Å². The van der Waals surface area contributed by atoms with Crippen LogP contribution < -0.4 is 0 Å². The predicted molar refractivity (Wildman–Crippen MR) is 38.5 cm³/mol. The van der Waals surface area contributed by atoms with Crippen molar-refractivity contribution in [3.05, 3.63) is 22.8 Å². The van der Waals surface area contributed by atoms with Crippen LogP contribution in [0.3, 0.4) is 0 Å². The summed E-state index contributed by atoms with van der Waals surface area (Å²) in [5.41, 5.74) is 0. The molecule has 0 spiro atoms. The molecule has 0 saturated carbocycles. The lowest BCUT2D eigenvalue weighted by Crippen LogP contribution is -2.15. The van der Waals surface area contributed by atoms with E-state index in [1.807, 2.05) is 24.4 Å². The highest BCUT2D eigenvalue weighted by atomic mass is 79.9. The van der Waals surface area contributed by atoms with Gasteiger partial charge in [-0.3, -0.25) is 4.90 Å². The molecule has 1 heterocycles. The van der Waals surface area contributed by atoms with Gasteiger partial charge < -0.3 is 0 Å². The molecule has 0 fully saturated rings. The highest BCUT2D eigenvalue weighted by Crippen LogP contribution is 2.13. The summed E-state index contributed by atoms with van der Waals surface area (Å²) >= 11 is 3.23. The van der Waals surface area contributed by atoms with E-state index in [-0.39, 0.29) is 0 Å². The van der Waals surface area contributed by atoms with Crippen LogP contribution in [0.2, 0.25) is 0 Å². The lowest BCUT2D eigenvalue weighted by atomic mass is 10.4. The van der Waals surface area contributed by atoms with Crippen molar-refractivity contribution >= 4 is 15.9 Å². The van der Waals surface area contributed by atoms with Gasteiger partial charge in [-0.15, -0.1) is 0 Å². The normalized spacial score (nSPS) is 16.9. The van der Waals surface area contributed by atoms with E-state index in [0.717, 1.165) is 4.61 Å². The number of allylic oxidation sites excluding steroid dienone is 2. The van der Waals surface area contributed by atoms with Crippen molar-refractivity contribution in [2.24, 2.45) is 0 Å². The van der Waals surface area contributed by atoms with Crippen molar-refractivity contribution in [1.29, 1.82) is 5.26 Å². The molecular formula is C6H5BrN2. The molecule has 46 valence electrons. The Balaban J connectivity index is 2.73. The molecule has 0 atom stereocenters. The van der Waals surface area contributed by atoms with Crippen molar-refractivity contribution in [1.82, 2.24) is 4.90 Å². The second-order valence-corrected chi connectivity index (χ2v) is 2.44. The van der Waals surface area contributed by atoms with Crippen molar-refractivity contribution in [2.45, 2.75) is 0 Å². The molecule has 0 N–H and O–H groups in total. The average molecular weight is 185 g/mol. The van der Waals surface area contributed by atoms with Crippen molar-refractivity contribution in [3.8, 4) is 6.19 Å². The van der Waals surface area contributed by atoms with Crippen LogP contribution in [-0.4, -0.2) is 11.4 Å². The quantitative estimate of drug-likeness (QED) is 0.423. The van der Waals surface area contributed by atoms with Gasteiger partial charge in [-0.25, -0.2) is 0 Å². The highest BCUT2D eigenvalue weighted by molar-refractivity contribution is 9.11. The van der Waals surface area contributed by atoms with E-state index in [1.54, 1.807) is 4.90 Å². The highest BCUT2D eigenvalue weighted by Gasteiger charge is 2.04. The van der Waals surface area contributed by atoms with Crippen LogP contribution in [0.25, 0.3) is 0 Å². The SMILES string of the molecule is N#CN1CC=CC=C1Br. The summed E-state index contributed by atoms with van der Waals surface area (Å²) in [5, 5.41) is 8.43. The van der Waals surface area contributed by atoms with Crippen LogP contribution >= 0.6 is 15.9 Å². The number of halogens is 1. The molecule has 1 aliphatic heterocycles. The zero-order valence-corrected chi connectivity index (χ0v) is 6.30.